The fourth-order valence-corrected chi connectivity index (χ4v) is 3.52. The third kappa shape index (κ3) is 3.45. The number of nitrogens with two attached hydrogens (primary N) is 1. The zero-order valence-electron chi connectivity index (χ0n) is 13.0. The molecule has 0 saturated heterocycles. The monoisotopic (exact) mass is 276 g/mol. The Kier molecular flexibility index (Phi) is 5.30. The first kappa shape index (κ1) is 15.2. The highest BCUT2D eigenvalue weighted by atomic mass is 16.5. The van der Waals surface area contributed by atoms with Crippen molar-refractivity contribution in [2.45, 2.75) is 38.6 Å². The van der Waals surface area contributed by atoms with Crippen LogP contribution in [0.25, 0.3) is 0 Å². The van der Waals surface area contributed by atoms with Crippen molar-refractivity contribution < 1.29 is 4.74 Å². The largest absolute Gasteiger partial charge is 0.497 e. The lowest BCUT2D eigenvalue weighted by atomic mass is 9.78. The minimum absolute atomic E-state index is 0.421. The molecule has 0 aliphatic heterocycles. The molecule has 1 fully saturated rings. The van der Waals surface area contributed by atoms with E-state index in [1.807, 2.05) is 12.1 Å². The minimum Gasteiger partial charge on any atom is -0.497 e. The molecule has 0 spiro atoms. The highest BCUT2D eigenvalue weighted by Crippen LogP contribution is 2.34. The van der Waals surface area contributed by atoms with Crippen molar-refractivity contribution in [3.05, 3.63) is 24.3 Å². The van der Waals surface area contributed by atoms with Crippen LogP contribution in [0.1, 0.15) is 32.6 Å². The highest BCUT2D eigenvalue weighted by molar-refractivity contribution is 5.51. The smallest absolute Gasteiger partial charge is 0.120 e. The predicted octanol–water partition coefficient (Wildman–Crippen LogP) is 3.29. The summed E-state index contributed by atoms with van der Waals surface area (Å²) in [6.07, 6.45) is 5.32. The van der Waals surface area contributed by atoms with Crippen molar-refractivity contribution in [2.24, 2.45) is 17.6 Å². The third-order valence-electron chi connectivity index (χ3n) is 4.72. The lowest BCUT2D eigenvalue weighted by Gasteiger charge is -2.39. The Morgan fingerprint density at radius 3 is 2.85 bits per heavy atom. The van der Waals surface area contributed by atoms with Crippen LogP contribution in [0.4, 0.5) is 5.69 Å². The van der Waals surface area contributed by atoms with Crippen LogP contribution in [0.5, 0.6) is 5.75 Å². The molecular weight excluding hydrogens is 248 g/mol. The summed E-state index contributed by atoms with van der Waals surface area (Å²) < 4.78 is 5.32. The normalized spacial score (nSPS) is 24.2. The Hall–Kier alpha value is -1.22. The molecule has 3 unspecified atom stereocenters. The summed E-state index contributed by atoms with van der Waals surface area (Å²) >= 11 is 0. The maximum Gasteiger partial charge on any atom is 0.120 e. The second-order valence-corrected chi connectivity index (χ2v) is 6.15. The number of methoxy groups -OCH3 is 1. The van der Waals surface area contributed by atoms with Gasteiger partial charge >= 0.3 is 0 Å². The van der Waals surface area contributed by atoms with Crippen LogP contribution in [-0.4, -0.2) is 26.7 Å². The summed E-state index contributed by atoms with van der Waals surface area (Å²) in [6.45, 7) is 3.08. The molecule has 0 radical (unpaired) electrons. The molecule has 3 atom stereocenters. The minimum atomic E-state index is 0.421. The predicted molar refractivity (Wildman–Crippen MR) is 85.4 cm³/mol. The molecule has 3 nitrogen and oxygen atoms in total. The molecule has 0 bridgehead atoms. The van der Waals surface area contributed by atoms with Gasteiger partial charge in [0.2, 0.25) is 0 Å². The van der Waals surface area contributed by atoms with Gasteiger partial charge < -0.3 is 15.4 Å². The van der Waals surface area contributed by atoms with Gasteiger partial charge in [-0.25, -0.2) is 0 Å². The number of rotatable bonds is 5. The fourth-order valence-electron chi connectivity index (χ4n) is 3.52. The number of anilines is 1. The average Bonchev–Trinajstić information content (AvgIpc) is 2.48. The standard InChI is InChI=1S/C17H28N2O/c1-13-6-4-7-14(10-13)17(12-18)19(2)15-8-5-9-16(11-15)20-3/h5,8-9,11,13-14,17H,4,6-7,10,12,18H2,1-3H3. The number of likely N-dealkylation sites (N-methyl/N-ethyl adjacent to an activating group) is 1. The average molecular weight is 276 g/mol. The summed E-state index contributed by atoms with van der Waals surface area (Å²) in [7, 11) is 3.87. The first-order valence-electron chi connectivity index (χ1n) is 7.72. The van der Waals surface area contributed by atoms with Gasteiger partial charge in [-0.1, -0.05) is 25.8 Å². The Balaban J connectivity index is 2.13. The van der Waals surface area contributed by atoms with Gasteiger partial charge in [-0.3, -0.25) is 0 Å². The quantitative estimate of drug-likeness (QED) is 0.897. The van der Waals surface area contributed by atoms with E-state index in [1.165, 1.54) is 31.4 Å². The van der Waals surface area contributed by atoms with E-state index in [-0.39, 0.29) is 0 Å². The molecule has 2 rings (SSSR count). The van der Waals surface area contributed by atoms with Crippen LogP contribution in [-0.2, 0) is 0 Å². The van der Waals surface area contributed by atoms with Crippen molar-refractivity contribution in [1.82, 2.24) is 0 Å². The van der Waals surface area contributed by atoms with Gasteiger partial charge in [0.15, 0.2) is 0 Å². The first-order chi connectivity index (χ1) is 9.65. The summed E-state index contributed by atoms with van der Waals surface area (Å²) in [5.41, 5.74) is 7.28. The van der Waals surface area contributed by atoms with E-state index in [2.05, 4.69) is 31.0 Å². The Labute approximate surface area is 123 Å². The van der Waals surface area contributed by atoms with E-state index in [0.717, 1.165) is 11.7 Å². The molecular formula is C17H28N2O. The summed E-state index contributed by atoms with van der Waals surface area (Å²) in [5, 5.41) is 0. The maximum absolute atomic E-state index is 6.08. The van der Waals surface area contributed by atoms with E-state index in [1.54, 1.807) is 7.11 Å². The molecule has 1 saturated carbocycles. The van der Waals surface area contributed by atoms with Gasteiger partial charge in [0, 0.05) is 31.4 Å². The van der Waals surface area contributed by atoms with Gasteiger partial charge in [-0.15, -0.1) is 0 Å². The van der Waals surface area contributed by atoms with E-state index in [0.29, 0.717) is 18.5 Å². The lowest BCUT2D eigenvalue weighted by molar-refractivity contribution is 0.245. The maximum atomic E-state index is 6.08. The molecule has 3 heteroatoms. The van der Waals surface area contributed by atoms with E-state index >= 15 is 0 Å². The number of ether oxygens (including phenoxy) is 1. The molecule has 20 heavy (non-hydrogen) atoms. The molecule has 0 amide bonds. The Morgan fingerprint density at radius 1 is 1.40 bits per heavy atom. The van der Waals surface area contributed by atoms with Crippen LogP contribution in [0.2, 0.25) is 0 Å². The van der Waals surface area contributed by atoms with Gasteiger partial charge in [0.1, 0.15) is 5.75 Å². The van der Waals surface area contributed by atoms with Crippen molar-refractivity contribution in [2.75, 3.05) is 25.6 Å². The topological polar surface area (TPSA) is 38.5 Å². The number of benzene rings is 1. The Bertz CT molecular complexity index is 421. The van der Waals surface area contributed by atoms with Crippen LogP contribution in [0, 0.1) is 11.8 Å². The zero-order chi connectivity index (χ0) is 14.5. The van der Waals surface area contributed by atoms with Crippen molar-refractivity contribution in [3.63, 3.8) is 0 Å². The van der Waals surface area contributed by atoms with Gasteiger partial charge in [-0.2, -0.15) is 0 Å². The van der Waals surface area contributed by atoms with Crippen molar-refractivity contribution in [3.8, 4) is 5.75 Å². The van der Waals surface area contributed by atoms with E-state index in [9.17, 15) is 0 Å². The molecule has 1 aliphatic rings. The molecule has 1 aromatic carbocycles. The SMILES string of the molecule is COc1cccc(N(C)C(CN)C2CCCC(C)C2)c1. The highest BCUT2D eigenvalue weighted by Gasteiger charge is 2.28. The fraction of sp³-hybridized carbons (Fsp3) is 0.647. The van der Waals surface area contributed by atoms with Crippen molar-refractivity contribution >= 4 is 5.69 Å². The van der Waals surface area contributed by atoms with Crippen LogP contribution in [0.15, 0.2) is 24.3 Å². The van der Waals surface area contributed by atoms with Gasteiger partial charge in [0.05, 0.1) is 7.11 Å². The number of nitrogens with zero attached hydrogens (tertiary/aromatic N) is 1. The number of hydrogen-bond donors (Lipinski definition) is 1. The van der Waals surface area contributed by atoms with Crippen molar-refractivity contribution in [1.29, 1.82) is 0 Å². The second kappa shape index (κ2) is 6.98. The van der Waals surface area contributed by atoms with E-state index in [4.69, 9.17) is 10.5 Å². The molecule has 0 heterocycles. The Morgan fingerprint density at radius 2 is 2.20 bits per heavy atom. The number of hydrogen-bond acceptors (Lipinski definition) is 3. The molecule has 2 N–H and O–H groups in total. The summed E-state index contributed by atoms with van der Waals surface area (Å²) in [4.78, 5) is 2.34. The van der Waals surface area contributed by atoms with Crippen LogP contribution in [0.3, 0.4) is 0 Å². The van der Waals surface area contributed by atoms with Crippen LogP contribution < -0.4 is 15.4 Å². The molecule has 1 aliphatic carbocycles. The van der Waals surface area contributed by atoms with Gasteiger partial charge in [0.25, 0.3) is 0 Å². The first-order valence-corrected chi connectivity index (χ1v) is 7.72. The summed E-state index contributed by atoms with van der Waals surface area (Å²) in [6, 6.07) is 8.68. The molecule has 1 aromatic rings. The summed E-state index contributed by atoms with van der Waals surface area (Å²) in [5.74, 6) is 2.45. The second-order valence-electron chi connectivity index (χ2n) is 6.15. The lowest BCUT2D eigenvalue weighted by Crippen LogP contribution is -2.45. The third-order valence-corrected chi connectivity index (χ3v) is 4.72. The van der Waals surface area contributed by atoms with Crippen LogP contribution >= 0.6 is 0 Å². The molecule has 112 valence electrons. The van der Waals surface area contributed by atoms with E-state index < -0.39 is 0 Å². The zero-order valence-corrected chi connectivity index (χ0v) is 13.0. The molecule has 0 aromatic heterocycles. The van der Waals surface area contributed by atoms with Gasteiger partial charge in [-0.05, 0) is 36.8 Å².